The number of aromatic nitrogens is 3. The molecule has 3 aromatic rings. The Morgan fingerprint density at radius 2 is 2.05 bits per heavy atom. The highest BCUT2D eigenvalue weighted by atomic mass is 15.1. The number of nitrogens with two attached hydrogens (primary N) is 1. The van der Waals surface area contributed by atoms with Gasteiger partial charge in [0.25, 0.3) is 0 Å². The van der Waals surface area contributed by atoms with Crippen LogP contribution < -0.4 is 5.73 Å². The van der Waals surface area contributed by atoms with Crippen LogP contribution in [0.3, 0.4) is 0 Å². The summed E-state index contributed by atoms with van der Waals surface area (Å²) in [6, 6.07) is 11.8. The number of hydrogen-bond donors (Lipinski definition) is 1. The van der Waals surface area contributed by atoms with Gasteiger partial charge in [-0.2, -0.15) is 0 Å². The summed E-state index contributed by atoms with van der Waals surface area (Å²) in [5.41, 5.74) is 8.75. The minimum atomic E-state index is 0.745. The van der Waals surface area contributed by atoms with Crippen molar-refractivity contribution in [1.29, 1.82) is 0 Å². The first-order valence-electron chi connectivity index (χ1n) is 6.09. The fourth-order valence-electron chi connectivity index (χ4n) is 2.08. The van der Waals surface area contributed by atoms with E-state index < -0.39 is 0 Å². The van der Waals surface area contributed by atoms with E-state index in [0.29, 0.717) is 0 Å². The van der Waals surface area contributed by atoms with Crippen molar-refractivity contribution in [3.8, 4) is 11.4 Å². The number of pyridine rings is 1. The van der Waals surface area contributed by atoms with Gasteiger partial charge in [-0.1, -0.05) is 12.1 Å². The van der Waals surface area contributed by atoms with Crippen molar-refractivity contribution >= 4 is 5.69 Å². The largest absolute Gasteiger partial charge is 0.399 e. The lowest BCUT2D eigenvalue weighted by atomic mass is 10.2. The summed E-state index contributed by atoms with van der Waals surface area (Å²) in [6.45, 7) is 0.745. The lowest BCUT2D eigenvalue weighted by Gasteiger charge is -2.08. The highest BCUT2D eigenvalue weighted by Crippen LogP contribution is 2.17. The Hall–Kier alpha value is -2.62. The van der Waals surface area contributed by atoms with Gasteiger partial charge in [-0.05, 0) is 29.8 Å². The molecular weight excluding hydrogens is 236 g/mol. The summed E-state index contributed by atoms with van der Waals surface area (Å²) in [7, 11) is 0. The van der Waals surface area contributed by atoms with Crippen LogP contribution in [0.25, 0.3) is 11.4 Å². The van der Waals surface area contributed by atoms with Gasteiger partial charge in [0.15, 0.2) is 0 Å². The smallest absolute Gasteiger partial charge is 0.141 e. The summed E-state index contributed by atoms with van der Waals surface area (Å²) in [5.74, 6) is 0.913. The minimum absolute atomic E-state index is 0.745. The standard InChI is InChI=1S/C15H14N4/c16-14-5-1-3-12(9-14)11-19-8-7-18-15(19)13-4-2-6-17-10-13/h1-10H,11,16H2. The molecule has 0 unspecified atom stereocenters. The SMILES string of the molecule is Nc1cccc(Cn2ccnc2-c2cccnc2)c1. The molecule has 2 heterocycles. The third-order valence-corrected chi connectivity index (χ3v) is 2.94. The molecule has 0 fully saturated rings. The third-order valence-electron chi connectivity index (χ3n) is 2.94. The Morgan fingerprint density at radius 1 is 1.11 bits per heavy atom. The van der Waals surface area contributed by atoms with Gasteiger partial charge in [0.05, 0.1) is 0 Å². The quantitative estimate of drug-likeness (QED) is 0.727. The maximum Gasteiger partial charge on any atom is 0.141 e. The van der Waals surface area contributed by atoms with E-state index in [2.05, 4.69) is 20.6 Å². The summed E-state index contributed by atoms with van der Waals surface area (Å²) in [5, 5.41) is 0. The molecule has 0 atom stereocenters. The average Bonchev–Trinajstić information content (AvgIpc) is 2.88. The van der Waals surface area contributed by atoms with E-state index in [9.17, 15) is 0 Å². The second-order valence-electron chi connectivity index (χ2n) is 4.37. The van der Waals surface area contributed by atoms with Gasteiger partial charge in [-0.3, -0.25) is 4.98 Å². The van der Waals surface area contributed by atoms with Gasteiger partial charge in [-0.25, -0.2) is 4.98 Å². The molecule has 0 amide bonds. The number of benzene rings is 1. The lowest BCUT2D eigenvalue weighted by Crippen LogP contribution is -2.01. The van der Waals surface area contributed by atoms with Crippen LogP contribution in [0.5, 0.6) is 0 Å². The highest BCUT2D eigenvalue weighted by molar-refractivity contribution is 5.54. The highest BCUT2D eigenvalue weighted by Gasteiger charge is 2.06. The molecule has 0 saturated carbocycles. The van der Waals surface area contributed by atoms with Crippen LogP contribution in [-0.2, 0) is 6.54 Å². The van der Waals surface area contributed by atoms with E-state index in [1.807, 2.05) is 42.7 Å². The number of anilines is 1. The maximum absolute atomic E-state index is 5.80. The Balaban J connectivity index is 1.93. The van der Waals surface area contributed by atoms with Crippen LogP contribution in [0.15, 0.2) is 61.2 Å². The van der Waals surface area contributed by atoms with Crippen molar-refractivity contribution in [3.63, 3.8) is 0 Å². The molecule has 0 aliphatic rings. The normalized spacial score (nSPS) is 10.5. The van der Waals surface area contributed by atoms with E-state index in [0.717, 1.165) is 29.2 Å². The van der Waals surface area contributed by atoms with Crippen molar-refractivity contribution in [2.75, 3.05) is 5.73 Å². The summed E-state index contributed by atoms with van der Waals surface area (Å²) in [4.78, 5) is 8.53. The molecule has 0 saturated heterocycles. The van der Waals surface area contributed by atoms with E-state index in [4.69, 9.17) is 5.73 Å². The number of hydrogen-bond acceptors (Lipinski definition) is 3. The molecule has 19 heavy (non-hydrogen) atoms. The molecule has 2 N–H and O–H groups in total. The van der Waals surface area contributed by atoms with Gasteiger partial charge in [0.1, 0.15) is 5.82 Å². The number of nitrogens with zero attached hydrogens (tertiary/aromatic N) is 3. The molecule has 4 heteroatoms. The Kier molecular flexibility index (Phi) is 2.98. The van der Waals surface area contributed by atoms with Crippen molar-refractivity contribution in [2.24, 2.45) is 0 Å². The molecular formula is C15H14N4. The molecule has 94 valence electrons. The van der Waals surface area contributed by atoms with Crippen molar-refractivity contribution in [3.05, 3.63) is 66.7 Å². The molecule has 0 bridgehead atoms. The predicted octanol–water partition coefficient (Wildman–Crippen LogP) is 2.58. The second kappa shape index (κ2) is 4.94. The van der Waals surface area contributed by atoms with Crippen LogP contribution >= 0.6 is 0 Å². The van der Waals surface area contributed by atoms with Crippen molar-refractivity contribution in [2.45, 2.75) is 6.54 Å². The summed E-state index contributed by atoms with van der Waals surface area (Å²) >= 11 is 0. The number of nitrogen functional groups attached to an aromatic ring is 1. The molecule has 2 aromatic heterocycles. The molecule has 0 radical (unpaired) electrons. The second-order valence-corrected chi connectivity index (χ2v) is 4.37. The fraction of sp³-hybridized carbons (Fsp3) is 0.0667. The zero-order valence-electron chi connectivity index (χ0n) is 10.4. The first kappa shape index (κ1) is 11.5. The number of imidazole rings is 1. The first-order valence-corrected chi connectivity index (χ1v) is 6.09. The van der Waals surface area contributed by atoms with Crippen molar-refractivity contribution < 1.29 is 0 Å². The Bertz CT molecular complexity index is 673. The fourth-order valence-corrected chi connectivity index (χ4v) is 2.08. The summed E-state index contributed by atoms with van der Waals surface area (Å²) < 4.78 is 2.09. The molecule has 3 rings (SSSR count). The van der Waals surface area contributed by atoms with Gasteiger partial charge >= 0.3 is 0 Å². The van der Waals surface area contributed by atoms with Crippen LogP contribution in [0.1, 0.15) is 5.56 Å². The van der Waals surface area contributed by atoms with Gasteiger partial charge in [0, 0.05) is 42.6 Å². The lowest BCUT2D eigenvalue weighted by molar-refractivity contribution is 0.807. The van der Waals surface area contributed by atoms with Gasteiger partial charge in [-0.15, -0.1) is 0 Å². The zero-order chi connectivity index (χ0) is 13.1. The molecule has 0 aliphatic carbocycles. The minimum Gasteiger partial charge on any atom is -0.399 e. The first-order chi connectivity index (χ1) is 9.33. The van der Waals surface area contributed by atoms with Crippen LogP contribution in [0.4, 0.5) is 5.69 Å². The van der Waals surface area contributed by atoms with E-state index in [1.165, 1.54) is 0 Å². The van der Waals surface area contributed by atoms with Crippen molar-refractivity contribution in [1.82, 2.24) is 14.5 Å². The predicted molar refractivity (Wildman–Crippen MR) is 75.4 cm³/mol. The zero-order valence-corrected chi connectivity index (χ0v) is 10.4. The van der Waals surface area contributed by atoms with Crippen LogP contribution in [0, 0.1) is 0 Å². The number of rotatable bonds is 3. The van der Waals surface area contributed by atoms with Crippen LogP contribution in [-0.4, -0.2) is 14.5 Å². The third kappa shape index (κ3) is 2.47. The molecule has 0 spiro atoms. The topological polar surface area (TPSA) is 56.7 Å². The van der Waals surface area contributed by atoms with Crippen LogP contribution in [0.2, 0.25) is 0 Å². The van der Waals surface area contributed by atoms with Gasteiger partial charge < -0.3 is 10.3 Å². The molecule has 4 nitrogen and oxygen atoms in total. The van der Waals surface area contributed by atoms with E-state index in [-0.39, 0.29) is 0 Å². The molecule has 0 aliphatic heterocycles. The maximum atomic E-state index is 5.80. The average molecular weight is 250 g/mol. The van der Waals surface area contributed by atoms with E-state index >= 15 is 0 Å². The van der Waals surface area contributed by atoms with E-state index in [1.54, 1.807) is 12.4 Å². The Morgan fingerprint density at radius 3 is 2.84 bits per heavy atom. The van der Waals surface area contributed by atoms with Gasteiger partial charge in [0.2, 0.25) is 0 Å². The molecule has 1 aromatic carbocycles. The Labute approximate surface area is 111 Å². The monoisotopic (exact) mass is 250 g/mol. The summed E-state index contributed by atoms with van der Waals surface area (Å²) in [6.07, 6.45) is 7.34.